The van der Waals surface area contributed by atoms with Gasteiger partial charge in [-0.1, -0.05) is 13.3 Å². The topological polar surface area (TPSA) is 20.3 Å². The third-order valence-corrected chi connectivity index (χ3v) is 1.96. The zero-order valence-electron chi connectivity index (χ0n) is 8.60. The van der Waals surface area contributed by atoms with Crippen molar-refractivity contribution in [1.82, 2.24) is 4.90 Å². The monoisotopic (exact) mass is 171 g/mol. The lowest BCUT2D eigenvalue weighted by Gasteiger charge is -2.07. The number of hydrogen-bond donors (Lipinski definition) is 0. The van der Waals surface area contributed by atoms with E-state index in [0.717, 1.165) is 19.4 Å². The molecule has 0 saturated carbocycles. The third kappa shape index (κ3) is 7.73. The van der Waals surface area contributed by atoms with Crippen LogP contribution in [0.4, 0.5) is 0 Å². The Hall–Kier alpha value is -0.370. The second-order valence-electron chi connectivity index (χ2n) is 3.51. The molecule has 0 N–H and O–H groups in total. The maximum Gasteiger partial charge on any atom is 0.132 e. The molecule has 12 heavy (non-hydrogen) atoms. The molecule has 0 aliphatic carbocycles. The number of nitrogens with zero attached hydrogens (tertiary/aromatic N) is 1. The first-order valence-corrected chi connectivity index (χ1v) is 4.83. The van der Waals surface area contributed by atoms with Crippen LogP contribution in [0.25, 0.3) is 0 Å². The fraction of sp³-hybridized carbons (Fsp3) is 0.900. The highest BCUT2D eigenvalue weighted by Gasteiger charge is 1.97. The van der Waals surface area contributed by atoms with Crippen LogP contribution in [-0.2, 0) is 4.79 Å². The van der Waals surface area contributed by atoms with Crippen LogP contribution in [0.3, 0.4) is 0 Å². The van der Waals surface area contributed by atoms with Gasteiger partial charge in [0, 0.05) is 12.8 Å². The number of carbonyl (C=O) groups is 1. The van der Waals surface area contributed by atoms with Crippen LogP contribution in [0.1, 0.15) is 39.0 Å². The molecule has 0 rings (SSSR count). The standard InChI is InChI=1S/C10H21NO/c1-4-10(12)8-6-5-7-9-11(2)3/h4-9H2,1-3H3. The minimum Gasteiger partial charge on any atom is -0.309 e. The highest BCUT2D eigenvalue weighted by molar-refractivity contribution is 5.77. The van der Waals surface area contributed by atoms with Gasteiger partial charge in [-0.25, -0.2) is 0 Å². The van der Waals surface area contributed by atoms with Gasteiger partial charge in [0.05, 0.1) is 0 Å². The van der Waals surface area contributed by atoms with Crippen LogP contribution < -0.4 is 0 Å². The zero-order valence-corrected chi connectivity index (χ0v) is 8.60. The normalized spacial score (nSPS) is 10.7. The molecule has 0 aromatic heterocycles. The van der Waals surface area contributed by atoms with Crippen molar-refractivity contribution in [1.29, 1.82) is 0 Å². The van der Waals surface area contributed by atoms with E-state index in [1.54, 1.807) is 0 Å². The average Bonchev–Trinajstić information content (AvgIpc) is 2.03. The fourth-order valence-electron chi connectivity index (χ4n) is 1.10. The summed E-state index contributed by atoms with van der Waals surface area (Å²) < 4.78 is 0. The predicted octanol–water partition coefficient (Wildman–Crippen LogP) is 2.09. The summed E-state index contributed by atoms with van der Waals surface area (Å²) in [6.07, 6.45) is 4.95. The van der Waals surface area contributed by atoms with Crippen LogP contribution in [0.2, 0.25) is 0 Å². The Morgan fingerprint density at radius 1 is 1.17 bits per heavy atom. The minimum absolute atomic E-state index is 0.403. The van der Waals surface area contributed by atoms with Crippen LogP contribution in [0.15, 0.2) is 0 Å². The Labute approximate surface area is 75.9 Å². The fourth-order valence-corrected chi connectivity index (χ4v) is 1.10. The van der Waals surface area contributed by atoms with Crippen LogP contribution in [0.5, 0.6) is 0 Å². The first-order valence-electron chi connectivity index (χ1n) is 4.83. The quantitative estimate of drug-likeness (QED) is 0.547. The van der Waals surface area contributed by atoms with E-state index < -0.39 is 0 Å². The summed E-state index contributed by atoms with van der Waals surface area (Å²) >= 11 is 0. The van der Waals surface area contributed by atoms with Gasteiger partial charge < -0.3 is 4.90 Å². The molecule has 0 spiro atoms. The van der Waals surface area contributed by atoms with Gasteiger partial charge in [-0.15, -0.1) is 0 Å². The molecule has 0 heterocycles. The van der Waals surface area contributed by atoms with E-state index in [4.69, 9.17) is 0 Å². The summed E-state index contributed by atoms with van der Waals surface area (Å²) in [4.78, 5) is 13.1. The Balaban J connectivity index is 3.05. The molecule has 0 bridgehead atoms. The molecule has 72 valence electrons. The highest BCUT2D eigenvalue weighted by Crippen LogP contribution is 2.02. The molecular formula is C10H21NO. The SMILES string of the molecule is CCC(=O)CCCCCN(C)C. The molecule has 0 saturated heterocycles. The third-order valence-electron chi connectivity index (χ3n) is 1.96. The maximum absolute atomic E-state index is 10.9. The number of Topliss-reactive ketones (excluding diaryl/α,β-unsaturated/α-hetero) is 1. The van der Waals surface area contributed by atoms with Gasteiger partial charge in [-0.3, -0.25) is 4.79 Å². The summed E-state index contributed by atoms with van der Waals surface area (Å²) in [6, 6.07) is 0. The van der Waals surface area contributed by atoms with Gasteiger partial charge in [0.15, 0.2) is 0 Å². The van der Waals surface area contributed by atoms with Crippen LogP contribution in [-0.4, -0.2) is 31.3 Å². The van der Waals surface area contributed by atoms with Crippen molar-refractivity contribution in [2.75, 3.05) is 20.6 Å². The number of carbonyl (C=O) groups excluding carboxylic acids is 1. The van der Waals surface area contributed by atoms with Gasteiger partial charge in [0.25, 0.3) is 0 Å². The van der Waals surface area contributed by atoms with Crippen molar-refractivity contribution >= 4 is 5.78 Å². The molecule has 0 aromatic rings. The maximum atomic E-state index is 10.9. The molecule has 2 nitrogen and oxygen atoms in total. The van der Waals surface area contributed by atoms with E-state index in [-0.39, 0.29) is 0 Å². The smallest absolute Gasteiger partial charge is 0.132 e. The summed E-state index contributed by atoms with van der Waals surface area (Å²) in [5.74, 6) is 0.403. The minimum atomic E-state index is 0.403. The van der Waals surface area contributed by atoms with Crippen molar-refractivity contribution in [3.05, 3.63) is 0 Å². The van der Waals surface area contributed by atoms with Crippen molar-refractivity contribution in [2.24, 2.45) is 0 Å². The van der Waals surface area contributed by atoms with Crippen LogP contribution in [0, 0.1) is 0 Å². The number of rotatable bonds is 7. The molecule has 0 aromatic carbocycles. The van der Waals surface area contributed by atoms with E-state index in [9.17, 15) is 4.79 Å². The second kappa shape index (κ2) is 7.29. The first kappa shape index (κ1) is 11.6. The average molecular weight is 171 g/mol. The number of ketones is 1. The second-order valence-corrected chi connectivity index (χ2v) is 3.51. The van der Waals surface area contributed by atoms with Gasteiger partial charge in [-0.2, -0.15) is 0 Å². The van der Waals surface area contributed by atoms with Gasteiger partial charge >= 0.3 is 0 Å². The molecule has 0 radical (unpaired) electrons. The molecular weight excluding hydrogens is 150 g/mol. The molecule has 0 unspecified atom stereocenters. The molecule has 0 atom stereocenters. The van der Waals surface area contributed by atoms with Gasteiger partial charge in [0.2, 0.25) is 0 Å². The predicted molar refractivity (Wildman–Crippen MR) is 52.3 cm³/mol. The largest absolute Gasteiger partial charge is 0.309 e. The van der Waals surface area contributed by atoms with Gasteiger partial charge in [-0.05, 0) is 33.5 Å². The summed E-state index contributed by atoms with van der Waals surface area (Å²) in [5, 5.41) is 0. The highest BCUT2D eigenvalue weighted by atomic mass is 16.1. The van der Waals surface area contributed by atoms with E-state index >= 15 is 0 Å². The zero-order chi connectivity index (χ0) is 9.40. The Morgan fingerprint density at radius 3 is 2.33 bits per heavy atom. The van der Waals surface area contributed by atoms with E-state index in [0.29, 0.717) is 12.2 Å². The molecule has 0 amide bonds. The van der Waals surface area contributed by atoms with E-state index in [1.165, 1.54) is 12.8 Å². The van der Waals surface area contributed by atoms with E-state index in [2.05, 4.69) is 19.0 Å². The molecule has 0 aliphatic rings. The van der Waals surface area contributed by atoms with Crippen LogP contribution >= 0.6 is 0 Å². The molecule has 0 aliphatic heterocycles. The number of hydrogen-bond acceptors (Lipinski definition) is 2. The number of unbranched alkanes of at least 4 members (excludes halogenated alkanes) is 2. The lowest BCUT2D eigenvalue weighted by Crippen LogP contribution is -2.12. The lowest BCUT2D eigenvalue weighted by atomic mass is 10.1. The lowest BCUT2D eigenvalue weighted by molar-refractivity contribution is -0.118. The molecule has 0 fully saturated rings. The summed E-state index contributed by atoms with van der Waals surface area (Å²) in [5.41, 5.74) is 0. The van der Waals surface area contributed by atoms with Crippen molar-refractivity contribution in [2.45, 2.75) is 39.0 Å². The Morgan fingerprint density at radius 2 is 1.83 bits per heavy atom. The Kier molecular flexibility index (Phi) is 7.06. The first-order chi connectivity index (χ1) is 5.66. The van der Waals surface area contributed by atoms with Crippen molar-refractivity contribution in [3.63, 3.8) is 0 Å². The van der Waals surface area contributed by atoms with Gasteiger partial charge in [0.1, 0.15) is 5.78 Å². The van der Waals surface area contributed by atoms with E-state index in [1.807, 2.05) is 6.92 Å². The van der Waals surface area contributed by atoms with Crippen molar-refractivity contribution < 1.29 is 4.79 Å². The molecule has 2 heteroatoms. The summed E-state index contributed by atoms with van der Waals surface area (Å²) in [6.45, 7) is 3.07. The summed E-state index contributed by atoms with van der Waals surface area (Å²) in [7, 11) is 4.16. The Bertz CT molecular complexity index is 121. The van der Waals surface area contributed by atoms with Crippen molar-refractivity contribution in [3.8, 4) is 0 Å².